The lowest BCUT2D eigenvalue weighted by Gasteiger charge is -2.46. The van der Waals surface area contributed by atoms with Crippen LogP contribution in [0.1, 0.15) is 30.4 Å². The molecule has 0 N–H and O–H groups in total. The van der Waals surface area contributed by atoms with Crippen molar-refractivity contribution in [1.29, 1.82) is 0 Å². The maximum absolute atomic E-state index is 14.0. The normalized spacial score (nSPS) is 25.1. The van der Waals surface area contributed by atoms with Crippen molar-refractivity contribution >= 4 is 11.8 Å². The second kappa shape index (κ2) is 8.17. The fraction of sp³-hybridized carbons (Fsp3) is 0.619. The van der Waals surface area contributed by atoms with Gasteiger partial charge >= 0.3 is 12.2 Å². The van der Waals surface area contributed by atoms with E-state index in [9.17, 15) is 27.2 Å². The van der Waals surface area contributed by atoms with Crippen LogP contribution in [0.5, 0.6) is 0 Å². The monoisotopic (exact) mass is 428 g/mol. The summed E-state index contributed by atoms with van der Waals surface area (Å²) in [5.41, 5.74) is -0.727. The third-order valence-electron chi connectivity index (χ3n) is 6.31. The van der Waals surface area contributed by atoms with Crippen LogP contribution in [0.2, 0.25) is 0 Å². The Kier molecular flexibility index (Phi) is 5.74. The number of ether oxygens (including phenoxy) is 1. The smallest absolute Gasteiger partial charge is 0.370 e. The number of nitrogens with zero attached hydrogens (tertiary/aromatic N) is 2. The van der Waals surface area contributed by atoms with E-state index in [-0.39, 0.29) is 41.9 Å². The largest absolute Gasteiger partial charge is 0.416 e. The van der Waals surface area contributed by atoms with Gasteiger partial charge in [-0.1, -0.05) is 6.07 Å². The SMILES string of the molecule is O=C1CO[C@H]2CCN(C(=O)N3CC(CCc4ccc(C(F)(F)F)cc4F)C3)C[C@@H]2C1. The van der Waals surface area contributed by atoms with Gasteiger partial charge in [0.15, 0.2) is 5.78 Å². The van der Waals surface area contributed by atoms with Gasteiger partial charge in [-0.2, -0.15) is 13.2 Å². The van der Waals surface area contributed by atoms with Crippen molar-refractivity contribution in [3.8, 4) is 0 Å². The fourth-order valence-electron chi connectivity index (χ4n) is 4.55. The maximum Gasteiger partial charge on any atom is 0.416 e. The minimum atomic E-state index is -4.56. The number of rotatable bonds is 3. The van der Waals surface area contributed by atoms with Crippen LogP contribution in [0.3, 0.4) is 0 Å². The summed E-state index contributed by atoms with van der Waals surface area (Å²) in [4.78, 5) is 27.8. The van der Waals surface area contributed by atoms with Crippen LogP contribution in [0.25, 0.3) is 0 Å². The number of Topliss-reactive ketones (excluding diaryl/α,β-unsaturated/α-hetero) is 1. The van der Waals surface area contributed by atoms with Gasteiger partial charge in [-0.3, -0.25) is 4.79 Å². The summed E-state index contributed by atoms with van der Waals surface area (Å²) in [6.45, 7) is 2.41. The highest BCUT2D eigenvalue weighted by Crippen LogP contribution is 2.32. The van der Waals surface area contributed by atoms with Crippen LogP contribution in [-0.2, 0) is 22.1 Å². The Morgan fingerprint density at radius 3 is 2.63 bits per heavy atom. The number of carbonyl (C=O) groups excluding carboxylic acids is 2. The lowest BCUT2D eigenvalue weighted by Crippen LogP contribution is -2.58. The predicted molar refractivity (Wildman–Crippen MR) is 99.2 cm³/mol. The summed E-state index contributed by atoms with van der Waals surface area (Å²) in [5.74, 6) is -0.509. The Labute approximate surface area is 172 Å². The van der Waals surface area contributed by atoms with Gasteiger partial charge in [-0.05, 0) is 42.9 Å². The molecule has 0 aliphatic carbocycles. The van der Waals surface area contributed by atoms with E-state index in [1.165, 1.54) is 6.07 Å². The number of fused-ring (bicyclic) bond motifs is 1. The fourth-order valence-corrected chi connectivity index (χ4v) is 4.55. The Balaban J connectivity index is 1.23. The highest BCUT2D eigenvalue weighted by atomic mass is 19.4. The summed E-state index contributed by atoms with van der Waals surface area (Å²) < 4.78 is 57.4. The number of benzene rings is 1. The molecule has 0 aromatic heterocycles. The minimum absolute atomic E-state index is 0.0505. The molecular formula is C21H24F4N2O3. The van der Waals surface area contributed by atoms with Crippen molar-refractivity contribution in [1.82, 2.24) is 9.80 Å². The van der Waals surface area contributed by atoms with Crippen LogP contribution in [0.15, 0.2) is 18.2 Å². The van der Waals surface area contributed by atoms with Crippen LogP contribution in [0.4, 0.5) is 22.4 Å². The number of halogens is 4. The summed E-state index contributed by atoms with van der Waals surface area (Å²) in [6, 6.07) is 2.58. The van der Waals surface area contributed by atoms with E-state index in [1.807, 2.05) is 0 Å². The lowest BCUT2D eigenvalue weighted by atomic mass is 9.88. The molecule has 0 unspecified atom stereocenters. The quantitative estimate of drug-likeness (QED) is 0.693. The first-order valence-corrected chi connectivity index (χ1v) is 10.2. The number of alkyl halides is 3. The van der Waals surface area contributed by atoms with Crippen LogP contribution in [0, 0.1) is 17.7 Å². The molecule has 5 nitrogen and oxygen atoms in total. The first-order valence-electron chi connectivity index (χ1n) is 10.2. The number of amides is 2. The van der Waals surface area contributed by atoms with Crippen LogP contribution < -0.4 is 0 Å². The highest BCUT2D eigenvalue weighted by Gasteiger charge is 2.40. The van der Waals surface area contributed by atoms with Gasteiger partial charge in [0.05, 0.1) is 11.7 Å². The molecule has 1 aromatic rings. The summed E-state index contributed by atoms with van der Waals surface area (Å²) in [7, 11) is 0. The molecule has 1 aromatic carbocycles. The Bertz CT molecular complexity index is 823. The maximum atomic E-state index is 14.0. The Morgan fingerprint density at radius 2 is 1.93 bits per heavy atom. The molecule has 0 bridgehead atoms. The van der Waals surface area contributed by atoms with Crippen LogP contribution >= 0.6 is 0 Å². The third kappa shape index (κ3) is 4.45. The molecule has 30 heavy (non-hydrogen) atoms. The first-order chi connectivity index (χ1) is 14.2. The molecule has 3 aliphatic rings. The summed E-state index contributed by atoms with van der Waals surface area (Å²) in [5, 5.41) is 0. The molecule has 0 radical (unpaired) electrons. The zero-order valence-electron chi connectivity index (χ0n) is 16.5. The Morgan fingerprint density at radius 1 is 1.17 bits per heavy atom. The number of piperidine rings is 1. The topological polar surface area (TPSA) is 49.9 Å². The number of urea groups is 1. The number of hydrogen-bond acceptors (Lipinski definition) is 3. The van der Waals surface area contributed by atoms with E-state index in [2.05, 4.69) is 0 Å². The number of ketones is 1. The van der Waals surface area contributed by atoms with Gasteiger partial charge in [-0.15, -0.1) is 0 Å². The molecule has 164 valence electrons. The van der Waals surface area contributed by atoms with Crippen molar-refractivity contribution in [2.24, 2.45) is 11.8 Å². The number of likely N-dealkylation sites (tertiary alicyclic amines) is 2. The minimum Gasteiger partial charge on any atom is -0.370 e. The zero-order valence-corrected chi connectivity index (χ0v) is 16.5. The Hall–Kier alpha value is -2.16. The van der Waals surface area contributed by atoms with Gasteiger partial charge in [0.2, 0.25) is 0 Å². The predicted octanol–water partition coefficient (Wildman–Crippen LogP) is 3.51. The average Bonchev–Trinajstić information content (AvgIpc) is 2.66. The van der Waals surface area contributed by atoms with Crippen LogP contribution in [-0.4, -0.2) is 60.5 Å². The first kappa shape index (κ1) is 21.1. The highest BCUT2D eigenvalue weighted by molar-refractivity contribution is 5.81. The standard InChI is InChI=1S/C21H24F4N2O3/c22-18-8-16(21(23,24)25)4-3-14(18)2-1-13-9-27(10-13)20(29)26-6-5-19-15(11-26)7-17(28)12-30-19/h3-4,8,13,15,19H,1-2,5-7,9-12H2/t15-,19-/m0/s1. The number of aryl methyl sites for hydroxylation is 1. The third-order valence-corrected chi connectivity index (χ3v) is 6.31. The molecule has 3 fully saturated rings. The molecule has 3 saturated heterocycles. The number of carbonyl (C=O) groups is 2. The van der Waals surface area contributed by atoms with Crippen molar-refractivity contribution in [2.45, 2.75) is 38.0 Å². The van der Waals surface area contributed by atoms with E-state index in [1.54, 1.807) is 9.80 Å². The second-order valence-electron chi connectivity index (χ2n) is 8.48. The lowest BCUT2D eigenvalue weighted by molar-refractivity contribution is -0.140. The average molecular weight is 428 g/mol. The van der Waals surface area contributed by atoms with E-state index in [0.29, 0.717) is 51.5 Å². The van der Waals surface area contributed by atoms with E-state index in [4.69, 9.17) is 4.74 Å². The molecule has 2 atom stereocenters. The van der Waals surface area contributed by atoms with E-state index < -0.39 is 17.6 Å². The molecular weight excluding hydrogens is 404 g/mol. The summed E-state index contributed by atoms with van der Waals surface area (Å²) in [6.07, 6.45) is -2.37. The molecule has 9 heteroatoms. The molecule has 4 rings (SSSR count). The van der Waals surface area contributed by atoms with Gasteiger partial charge in [0.25, 0.3) is 0 Å². The van der Waals surface area contributed by atoms with E-state index >= 15 is 0 Å². The zero-order chi connectivity index (χ0) is 21.5. The molecule has 0 saturated carbocycles. The van der Waals surface area contributed by atoms with Crippen molar-refractivity contribution in [3.05, 3.63) is 35.1 Å². The van der Waals surface area contributed by atoms with Crippen molar-refractivity contribution in [3.63, 3.8) is 0 Å². The number of hydrogen-bond donors (Lipinski definition) is 0. The van der Waals surface area contributed by atoms with Gasteiger partial charge < -0.3 is 14.5 Å². The van der Waals surface area contributed by atoms with Crippen molar-refractivity contribution < 1.29 is 31.9 Å². The molecule has 2 amide bonds. The van der Waals surface area contributed by atoms with Crippen molar-refractivity contribution in [2.75, 3.05) is 32.8 Å². The van der Waals surface area contributed by atoms with E-state index in [0.717, 1.165) is 12.5 Å². The molecule has 0 spiro atoms. The second-order valence-corrected chi connectivity index (χ2v) is 8.48. The van der Waals surface area contributed by atoms with Gasteiger partial charge in [0, 0.05) is 38.5 Å². The van der Waals surface area contributed by atoms with Gasteiger partial charge in [0.1, 0.15) is 12.4 Å². The summed E-state index contributed by atoms with van der Waals surface area (Å²) >= 11 is 0. The van der Waals surface area contributed by atoms with Gasteiger partial charge in [-0.25, -0.2) is 9.18 Å². The molecule has 3 heterocycles. The molecule has 3 aliphatic heterocycles.